The lowest BCUT2D eigenvalue weighted by molar-refractivity contribution is 0.0822. The first kappa shape index (κ1) is 21.1. The molecule has 2 unspecified atom stereocenters. The third-order valence-corrected chi connectivity index (χ3v) is 6.75. The van der Waals surface area contributed by atoms with E-state index in [1.54, 1.807) is 6.20 Å². The molecule has 5 rings (SSSR count). The number of carbonyl (C=O) groups is 1. The Balaban J connectivity index is 1.42. The minimum Gasteiger partial charge on any atom is -0.507 e. The fourth-order valence-corrected chi connectivity index (χ4v) is 4.99. The molecule has 3 fully saturated rings. The Kier molecular flexibility index (Phi) is 5.23. The third-order valence-electron chi connectivity index (χ3n) is 6.75. The molecule has 7 nitrogen and oxygen atoms in total. The zero-order valence-electron chi connectivity index (χ0n) is 18.1. The lowest BCUT2D eigenvalue weighted by Gasteiger charge is -2.41. The molecule has 0 spiro atoms. The summed E-state index contributed by atoms with van der Waals surface area (Å²) in [7, 11) is 3.02. The van der Waals surface area contributed by atoms with Crippen molar-refractivity contribution in [3.8, 4) is 17.0 Å². The number of nitrogens with zero attached hydrogens (tertiary/aromatic N) is 4. The lowest BCUT2D eigenvalue weighted by Crippen LogP contribution is -2.57. The summed E-state index contributed by atoms with van der Waals surface area (Å²) >= 11 is 0. The molecule has 2 bridgehead atoms. The number of fused-ring (bicyclic) bond motifs is 2. The zero-order valence-corrected chi connectivity index (χ0v) is 18.1. The largest absolute Gasteiger partial charge is 0.507 e. The van der Waals surface area contributed by atoms with Crippen LogP contribution in [-0.4, -0.2) is 70.3 Å². The van der Waals surface area contributed by atoms with Crippen LogP contribution in [0.5, 0.6) is 5.75 Å². The number of phenolic OH excluding ortho intramolecular Hbond substituents is 1. The first-order valence-corrected chi connectivity index (χ1v) is 11.1. The summed E-state index contributed by atoms with van der Waals surface area (Å²) in [5.74, 6) is -0.934. The molecule has 4 atom stereocenters. The topological polar surface area (TPSA) is 81.6 Å². The Morgan fingerprint density at radius 3 is 2.59 bits per heavy atom. The molecule has 1 aromatic carbocycles. The minimum atomic E-state index is -0.962. The number of piperidine rings is 1. The van der Waals surface area contributed by atoms with E-state index in [4.69, 9.17) is 0 Å². The van der Waals surface area contributed by atoms with Crippen LogP contribution in [0.25, 0.3) is 11.3 Å². The summed E-state index contributed by atoms with van der Waals surface area (Å²) in [6, 6.07) is 2.47. The normalized spacial score (nSPS) is 26.8. The van der Waals surface area contributed by atoms with Crippen LogP contribution in [0.1, 0.15) is 42.5 Å². The molecule has 3 aliphatic rings. The average molecular weight is 443 g/mol. The molecule has 1 aliphatic carbocycles. The van der Waals surface area contributed by atoms with E-state index in [2.05, 4.69) is 20.2 Å². The molecule has 1 saturated carbocycles. The second-order valence-electron chi connectivity index (χ2n) is 9.24. The summed E-state index contributed by atoms with van der Waals surface area (Å²) in [6.45, 7) is 0. The molecule has 2 aliphatic heterocycles. The van der Waals surface area contributed by atoms with Crippen molar-refractivity contribution < 1.29 is 18.7 Å². The SMILES string of the molecule is CN(C)C(=O)c1cc(O)c(-c2cnc(N(C3CC3)[C@@H]3CC4CCC(N4)[C@@H]3F)cn2)cc1F. The predicted molar refractivity (Wildman–Crippen MR) is 116 cm³/mol. The molecular formula is C23H27F2N5O2. The minimum absolute atomic E-state index is 0.101. The first-order chi connectivity index (χ1) is 15.3. The summed E-state index contributed by atoms with van der Waals surface area (Å²) in [6.07, 6.45) is 6.69. The summed E-state index contributed by atoms with van der Waals surface area (Å²) in [4.78, 5) is 24.3. The van der Waals surface area contributed by atoms with Crippen LogP contribution < -0.4 is 10.2 Å². The van der Waals surface area contributed by atoms with Gasteiger partial charge in [0.1, 0.15) is 23.6 Å². The highest BCUT2D eigenvalue weighted by Gasteiger charge is 2.48. The molecular weight excluding hydrogens is 416 g/mol. The van der Waals surface area contributed by atoms with Gasteiger partial charge in [-0.25, -0.2) is 13.8 Å². The quantitative estimate of drug-likeness (QED) is 0.740. The lowest BCUT2D eigenvalue weighted by atomic mass is 9.96. The van der Waals surface area contributed by atoms with E-state index in [-0.39, 0.29) is 40.7 Å². The van der Waals surface area contributed by atoms with Crippen molar-refractivity contribution in [3.63, 3.8) is 0 Å². The Labute approximate surface area is 185 Å². The molecule has 32 heavy (non-hydrogen) atoms. The van der Waals surface area contributed by atoms with E-state index >= 15 is 4.39 Å². The summed E-state index contributed by atoms with van der Waals surface area (Å²) < 4.78 is 29.8. The molecule has 0 radical (unpaired) electrons. The number of rotatable bonds is 5. The van der Waals surface area contributed by atoms with Crippen LogP contribution in [-0.2, 0) is 0 Å². The number of benzene rings is 1. The van der Waals surface area contributed by atoms with E-state index < -0.39 is 17.9 Å². The van der Waals surface area contributed by atoms with Crippen molar-refractivity contribution in [1.82, 2.24) is 20.2 Å². The third kappa shape index (κ3) is 3.68. The van der Waals surface area contributed by atoms with Gasteiger partial charge < -0.3 is 20.2 Å². The second-order valence-corrected chi connectivity index (χ2v) is 9.24. The number of nitrogens with one attached hydrogen (secondary N) is 1. The van der Waals surface area contributed by atoms with Gasteiger partial charge in [0.15, 0.2) is 0 Å². The van der Waals surface area contributed by atoms with Gasteiger partial charge in [-0.2, -0.15) is 0 Å². The number of carbonyl (C=O) groups excluding carboxylic acids is 1. The van der Waals surface area contributed by atoms with Crippen LogP contribution in [0.4, 0.5) is 14.6 Å². The number of amides is 1. The van der Waals surface area contributed by atoms with Crippen molar-refractivity contribution in [2.24, 2.45) is 0 Å². The van der Waals surface area contributed by atoms with Crippen LogP contribution in [0.2, 0.25) is 0 Å². The number of hydrogen-bond donors (Lipinski definition) is 2. The first-order valence-electron chi connectivity index (χ1n) is 11.1. The number of halogens is 2. The van der Waals surface area contributed by atoms with E-state index in [1.807, 2.05) is 0 Å². The Hall–Kier alpha value is -2.81. The van der Waals surface area contributed by atoms with Gasteiger partial charge in [-0.1, -0.05) is 0 Å². The van der Waals surface area contributed by atoms with Gasteiger partial charge >= 0.3 is 0 Å². The maximum Gasteiger partial charge on any atom is 0.256 e. The highest BCUT2D eigenvalue weighted by Crippen LogP contribution is 2.40. The monoisotopic (exact) mass is 443 g/mol. The van der Waals surface area contributed by atoms with Gasteiger partial charge in [0.25, 0.3) is 5.91 Å². The number of hydrogen-bond acceptors (Lipinski definition) is 6. The second kappa shape index (κ2) is 7.95. The van der Waals surface area contributed by atoms with Gasteiger partial charge in [0.05, 0.1) is 29.7 Å². The molecule has 3 heterocycles. The van der Waals surface area contributed by atoms with E-state index in [0.717, 1.165) is 44.2 Å². The van der Waals surface area contributed by atoms with Crippen molar-refractivity contribution >= 4 is 11.7 Å². The maximum absolute atomic E-state index is 15.2. The summed E-state index contributed by atoms with van der Waals surface area (Å²) in [5.41, 5.74) is 0.222. The maximum atomic E-state index is 15.2. The molecule has 2 saturated heterocycles. The number of anilines is 1. The Morgan fingerprint density at radius 1 is 1.16 bits per heavy atom. The van der Waals surface area contributed by atoms with Crippen LogP contribution in [0.15, 0.2) is 24.5 Å². The van der Waals surface area contributed by atoms with E-state index in [9.17, 15) is 14.3 Å². The van der Waals surface area contributed by atoms with Gasteiger partial charge in [-0.05, 0) is 44.2 Å². The van der Waals surface area contributed by atoms with Crippen LogP contribution in [0.3, 0.4) is 0 Å². The van der Waals surface area contributed by atoms with Crippen molar-refractivity contribution in [1.29, 1.82) is 0 Å². The van der Waals surface area contributed by atoms with E-state index in [1.165, 1.54) is 25.2 Å². The van der Waals surface area contributed by atoms with Gasteiger partial charge in [-0.15, -0.1) is 0 Å². The number of aromatic hydroxyl groups is 1. The zero-order chi connectivity index (χ0) is 22.6. The van der Waals surface area contributed by atoms with Gasteiger partial charge in [0.2, 0.25) is 0 Å². The fourth-order valence-electron chi connectivity index (χ4n) is 4.99. The molecule has 1 aromatic heterocycles. The van der Waals surface area contributed by atoms with Crippen molar-refractivity contribution in [2.75, 3.05) is 19.0 Å². The molecule has 2 N–H and O–H groups in total. The molecule has 9 heteroatoms. The highest BCUT2D eigenvalue weighted by atomic mass is 19.1. The van der Waals surface area contributed by atoms with Crippen molar-refractivity contribution in [2.45, 2.75) is 62.4 Å². The van der Waals surface area contributed by atoms with Gasteiger partial charge in [0, 0.05) is 37.8 Å². The number of alkyl halides is 1. The molecule has 170 valence electrons. The molecule has 2 aromatic rings. The Bertz CT molecular complexity index is 1030. The fraction of sp³-hybridized carbons (Fsp3) is 0.522. The number of aromatic nitrogens is 2. The summed E-state index contributed by atoms with van der Waals surface area (Å²) in [5, 5.41) is 13.8. The van der Waals surface area contributed by atoms with Gasteiger partial charge in [-0.3, -0.25) is 9.78 Å². The van der Waals surface area contributed by atoms with Crippen LogP contribution in [0, 0.1) is 5.82 Å². The average Bonchev–Trinajstić information content (AvgIpc) is 3.53. The Morgan fingerprint density at radius 2 is 1.94 bits per heavy atom. The standard InChI is InChI=1S/C23H27F2N5O2/c1-29(2)23(32)14-9-20(31)15(8-16(14)24)18-10-27-21(11-26-18)30(13-4-5-13)19-7-12-3-6-17(28-12)22(19)25/h8-13,17,19,22,28,31H,3-7H2,1-2H3/t12?,17?,19-,22+/m1/s1. The molecule has 1 amide bonds. The highest BCUT2D eigenvalue weighted by molar-refractivity contribution is 5.95. The van der Waals surface area contributed by atoms with E-state index in [0.29, 0.717) is 11.9 Å². The van der Waals surface area contributed by atoms with Crippen molar-refractivity contribution in [3.05, 3.63) is 35.9 Å². The predicted octanol–water partition coefficient (Wildman–Crippen LogP) is 2.89. The van der Waals surface area contributed by atoms with Crippen LogP contribution >= 0.6 is 0 Å². The number of phenols is 1. The smallest absolute Gasteiger partial charge is 0.256 e.